The van der Waals surface area contributed by atoms with E-state index < -0.39 is 5.82 Å². The molecule has 0 saturated heterocycles. The van der Waals surface area contributed by atoms with Gasteiger partial charge in [-0.1, -0.05) is 48.3 Å². The molecule has 2 heterocycles. The average Bonchev–Trinajstić information content (AvgIpc) is 3.41. The summed E-state index contributed by atoms with van der Waals surface area (Å²) in [5.74, 6) is -0.464. The van der Waals surface area contributed by atoms with E-state index in [1.165, 1.54) is 42.4 Å². The van der Waals surface area contributed by atoms with Gasteiger partial charge in [0.2, 0.25) is 6.41 Å². The lowest BCUT2D eigenvalue weighted by atomic mass is 10.0. The normalized spacial score (nSPS) is 12.7. The van der Waals surface area contributed by atoms with Crippen LogP contribution in [-0.4, -0.2) is 27.8 Å². The van der Waals surface area contributed by atoms with E-state index in [1.54, 1.807) is 12.5 Å². The van der Waals surface area contributed by atoms with E-state index in [4.69, 9.17) is 11.6 Å². The number of nitrogens with one attached hydrogen (secondary N) is 2. The quantitative estimate of drug-likeness (QED) is 0.301. The Labute approximate surface area is 173 Å². The van der Waals surface area contributed by atoms with Crippen LogP contribution in [0.4, 0.5) is 9.52 Å². The molecule has 5 nitrogen and oxygen atoms in total. The van der Waals surface area contributed by atoms with Gasteiger partial charge in [0.05, 0.1) is 31.8 Å². The van der Waals surface area contributed by atoms with Gasteiger partial charge in [0.15, 0.2) is 10.9 Å². The summed E-state index contributed by atoms with van der Waals surface area (Å²) in [6, 6.07) is 5.53. The molecular weight excluding hydrogens is 419 g/mol. The van der Waals surface area contributed by atoms with Crippen LogP contribution in [0, 0.1) is 5.82 Å². The molecule has 1 amide bonds. The first-order valence-corrected chi connectivity index (χ1v) is 11.0. The van der Waals surface area contributed by atoms with Crippen molar-refractivity contribution in [3.8, 4) is 11.1 Å². The molecular formula is C19H16ClFN4OS2. The fourth-order valence-electron chi connectivity index (χ4n) is 2.75. The predicted molar refractivity (Wildman–Crippen MR) is 115 cm³/mol. The lowest BCUT2D eigenvalue weighted by Gasteiger charge is -2.11. The number of amides is 1. The van der Waals surface area contributed by atoms with Gasteiger partial charge in [0.1, 0.15) is 0 Å². The zero-order valence-electron chi connectivity index (χ0n) is 14.9. The Balaban J connectivity index is 0.000000586. The van der Waals surface area contributed by atoms with Gasteiger partial charge in [0, 0.05) is 10.9 Å². The van der Waals surface area contributed by atoms with Crippen LogP contribution in [0.5, 0.6) is 0 Å². The third-order valence-corrected chi connectivity index (χ3v) is 6.26. The Hall–Kier alpha value is -2.16. The molecule has 28 heavy (non-hydrogen) atoms. The summed E-state index contributed by atoms with van der Waals surface area (Å²) < 4.78 is 15.6. The highest BCUT2D eigenvalue weighted by Gasteiger charge is 2.21. The van der Waals surface area contributed by atoms with Crippen LogP contribution in [0.15, 0.2) is 29.3 Å². The summed E-state index contributed by atoms with van der Waals surface area (Å²) in [5, 5.41) is 10.8. The van der Waals surface area contributed by atoms with Crippen LogP contribution in [-0.2, 0) is 4.79 Å². The number of thioether (sulfide) groups is 1. The van der Waals surface area contributed by atoms with Crippen LogP contribution in [0.25, 0.3) is 32.2 Å². The molecule has 0 unspecified atom stereocenters. The molecule has 1 aliphatic rings. The van der Waals surface area contributed by atoms with Gasteiger partial charge >= 0.3 is 0 Å². The molecule has 2 N–H and O–H groups in total. The van der Waals surface area contributed by atoms with E-state index in [9.17, 15) is 9.18 Å². The van der Waals surface area contributed by atoms with E-state index in [2.05, 4.69) is 20.5 Å². The van der Waals surface area contributed by atoms with E-state index in [0.717, 1.165) is 21.2 Å². The number of halogens is 2. The molecule has 4 aromatic rings. The molecule has 0 radical (unpaired) electrons. The number of hydrogen-bond acceptors (Lipinski definition) is 5. The van der Waals surface area contributed by atoms with Gasteiger partial charge in [0.25, 0.3) is 0 Å². The van der Waals surface area contributed by atoms with Gasteiger partial charge in [-0.15, -0.1) is 11.8 Å². The number of anilines is 1. The first-order chi connectivity index (χ1) is 13.6. The number of aromatic nitrogens is 3. The molecule has 0 aliphatic heterocycles. The number of benzene rings is 2. The number of rotatable bonds is 4. The molecule has 2 aromatic carbocycles. The van der Waals surface area contributed by atoms with Crippen molar-refractivity contribution >= 4 is 67.4 Å². The van der Waals surface area contributed by atoms with Crippen molar-refractivity contribution in [2.75, 3.05) is 11.6 Å². The molecule has 9 heteroatoms. The fraction of sp³-hybridized carbons (Fsp3) is 0.211. The highest BCUT2D eigenvalue weighted by molar-refractivity contribution is 7.98. The van der Waals surface area contributed by atoms with Crippen LogP contribution >= 0.6 is 34.7 Å². The fourth-order valence-corrected chi connectivity index (χ4v) is 4.62. The Morgan fingerprint density at radius 1 is 1.36 bits per heavy atom. The van der Waals surface area contributed by atoms with Crippen LogP contribution in [0.1, 0.15) is 19.3 Å². The first-order valence-electron chi connectivity index (χ1n) is 8.63. The molecule has 0 atom stereocenters. The number of H-pyrrole nitrogens is 1. The van der Waals surface area contributed by atoms with E-state index in [-0.39, 0.29) is 5.02 Å². The van der Waals surface area contributed by atoms with Gasteiger partial charge < -0.3 is 5.32 Å². The van der Waals surface area contributed by atoms with Crippen molar-refractivity contribution in [2.24, 2.45) is 0 Å². The van der Waals surface area contributed by atoms with Crippen molar-refractivity contribution < 1.29 is 9.18 Å². The largest absolute Gasteiger partial charge is 0.305 e. The lowest BCUT2D eigenvalue weighted by molar-refractivity contribution is -0.105. The maximum absolute atomic E-state index is 14.7. The van der Waals surface area contributed by atoms with Crippen molar-refractivity contribution in [3.05, 3.63) is 35.2 Å². The highest BCUT2D eigenvalue weighted by atomic mass is 35.5. The van der Waals surface area contributed by atoms with Gasteiger partial charge in [-0.25, -0.2) is 9.37 Å². The molecule has 2 aromatic heterocycles. The molecule has 1 fully saturated rings. The molecule has 0 spiro atoms. The maximum atomic E-state index is 14.7. The van der Waals surface area contributed by atoms with Crippen molar-refractivity contribution in [1.29, 1.82) is 0 Å². The Kier molecular flexibility index (Phi) is 5.52. The van der Waals surface area contributed by atoms with Gasteiger partial charge in [-0.2, -0.15) is 5.10 Å². The number of carbonyl (C=O) groups excluding carboxylic acids is 1. The molecule has 1 aliphatic carbocycles. The predicted octanol–water partition coefficient (Wildman–Crippen LogP) is 6.09. The average molecular weight is 435 g/mol. The molecule has 5 rings (SSSR count). The molecule has 144 valence electrons. The molecule has 0 bridgehead atoms. The summed E-state index contributed by atoms with van der Waals surface area (Å²) in [5.41, 5.74) is 2.72. The molecule has 1 saturated carbocycles. The highest BCUT2D eigenvalue weighted by Crippen LogP contribution is 2.43. The van der Waals surface area contributed by atoms with E-state index in [0.29, 0.717) is 27.5 Å². The van der Waals surface area contributed by atoms with Crippen molar-refractivity contribution in [3.63, 3.8) is 0 Å². The third-order valence-electron chi connectivity index (χ3n) is 4.16. The maximum Gasteiger partial charge on any atom is 0.213 e. The Morgan fingerprint density at radius 2 is 2.14 bits per heavy atom. The number of carbonyl (C=O) groups is 1. The summed E-state index contributed by atoms with van der Waals surface area (Å²) >= 11 is 8.97. The Morgan fingerprint density at radius 3 is 2.82 bits per heavy atom. The Bertz CT molecular complexity index is 1170. The number of fused-ring (bicyclic) bond motifs is 2. The first kappa shape index (κ1) is 19.2. The van der Waals surface area contributed by atoms with Crippen LogP contribution in [0.3, 0.4) is 0 Å². The van der Waals surface area contributed by atoms with Gasteiger partial charge in [-0.05, 0) is 24.0 Å². The minimum absolute atomic E-state index is 0.0633. The van der Waals surface area contributed by atoms with Crippen LogP contribution in [0.2, 0.25) is 5.02 Å². The van der Waals surface area contributed by atoms with E-state index in [1.807, 2.05) is 18.2 Å². The standard InChI is InChI=1S/C16H10ClFN4OS2.C3H6/c1-24-15-13(18)12(17)11(8-5-20-22-14(8)15)7-2-3-9-10(4-7)25-16(21-9)19-6-23;1-2-3-1/h2-6H,1H3,(H,20,22)(H,19,21,23);1-3H2. The zero-order chi connectivity index (χ0) is 19.7. The summed E-state index contributed by atoms with van der Waals surface area (Å²) in [6.45, 7) is 0. The second-order valence-electron chi connectivity index (χ2n) is 6.22. The van der Waals surface area contributed by atoms with Crippen molar-refractivity contribution in [2.45, 2.75) is 24.2 Å². The monoisotopic (exact) mass is 434 g/mol. The van der Waals surface area contributed by atoms with Crippen molar-refractivity contribution in [1.82, 2.24) is 15.2 Å². The minimum Gasteiger partial charge on any atom is -0.305 e. The number of nitrogens with zero attached hydrogens (tertiary/aromatic N) is 2. The number of thiazole rings is 1. The number of aromatic amines is 1. The van der Waals surface area contributed by atoms with Crippen LogP contribution < -0.4 is 5.32 Å². The SMILES string of the molecule is C1CC1.CSc1c(F)c(Cl)c(-c2ccc3nc(NC=O)sc3c2)c2cn[nH]c12. The summed E-state index contributed by atoms with van der Waals surface area (Å²) in [6.07, 6.45) is 8.52. The summed E-state index contributed by atoms with van der Waals surface area (Å²) in [4.78, 5) is 15.3. The third kappa shape index (κ3) is 3.59. The van der Waals surface area contributed by atoms with E-state index >= 15 is 0 Å². The lowest BCUT2D eigenvalue weighted by Crippen LogP contribution is -1.91. The van der Waals surface area contributed by atoms with Gasteiger partial charge in [-0.3, -0.25) is 9.89 Å². The minimum atomic E-state index is -0.464. The second-order valence-corrected chi connectivity index (χ2v) is 8.44. The number of hydrogen-bond donors (Lipinski definition) is 2. The summed E-state index contributed by atoms with van der Waals surface area (Å²) in [7, 11) is 0. The second kappa shape index (κ2) is 8.06. The topological polar surface area (TPSA) is 70.7 Å². The zero-order valence-corrected chi connectivity index (χ0v) is 17.3. The smallest absolute Gasteiger partial charge is 0.213 e.